The average Bonchev–Trinajstić information content (AvgIpc) is 2.92. The molecular formula is C16H21N3O3S. The van der Waals surface area contributed by atoms with Crippen LogP contribution in [-0.4, -0.2) is 23.8 Å². The molecule has 0 spiro atoms. The van der Waals surface area contributed by atoms with E-state index in [1.54, 1.807) is 22.9 Å². The van der Waals surface area contributed by atoms with Gasteiger partial charge in [0.05, 0.1) is 17.1 Å². The molecule has 1 aromatic carbocycles. The third-order valence-electron chi connectivity index (χ3n) is 3.89. The van der Waals surface area contributed by atoms with Gasteiger partial charge in [-0.05, 0) is 50.1 Å². The molecule has 0 saturated carbocycles. The molecule has 23 heavy (non-hydrogen) atoms. The second-order valence-corrected chi connectivity index (χ2v) is 8.33. The lowest BCUT2D eigenvalue weighted by atomic mass is 10.0. The van der Waals surface area contributed by atoms with Crippen molar-refractivity contribution in [3.63, 3.8) is 0 Å². The zero-order valence-electron chi connectivity index (χ0n) is 13.8. The second-order valence-electron chi connectivity index (χ2n) is 6.57. The van der Waals surface area contributed by atoms with Crippen molar-refractivity contribution in [1.29, 1.82) is 0 Å². The van der Waals surface area contributed by atoms with Crippen LogP contribution in [0.25, 0.3) is 0 Å². The molecule has 2 aromatic rings. The first-order chi connectivity index (χ1) is 10.7. The maximum atomic E-state index is 12.5. The summed E-state index contributed by atoms with van der Waals surface area (Å²) in [7, 11) is -1.77. The van der Waals surface area contributed by atoms with Crippen LogP contribution in [0.1, 0.15) is 30.7 Å². The molecule has 0 unspecified atom stereocenters. The third-order valence-corrected chi connectivity index (χ3v) is 5.29. The molecular weight excluding hydrogens is 314 g/mol. The Morgan fingerprint density at radius 2 is 2.13 bits per heavy atom. The van der Waals surface area contributed by atoms with Crippen LogP contribution >= 0.6 is 0 Å². The largest absolute Gasteiger partial charge is 0.487 e. The van der Waals surface area contributed by atoms with Crippen molar-refractivity contribution in [2.24, 2.45) is 7.05 Å². The van der Waals surface area contributed by atoms with E-state index in [1.165, 1.54) is 0 Å². The van der Waals surface area contributed by atoms with Crippen LogP contribution in [0.2, 0.25) is 0 Å². The maximum Gasteiger partial charge on any atom is 0.240 e. The molecule has 0 radical (unpaired) electrons. The zero-order valence-corrected chi connectivity index (χ0v) is 14.6. The summed E-state index contributed by atoms with van der Waals surface area (Å²) in [6, 6.07) is 5.00. The molecule has 3 rings (SSSR count). The van der Waals surface area contributed by atoms with Crippen molar-refractivity contribution in [3.05, 3.63) is 41.2 Å². The fourth-order valence-corrected chi connectivity index (χ4v) is 3.87. The van der Waals surface area contributed by atoms with Crippen molar-refractivity contribution >= 4 is 10.0 Å². The van der Waals surface area contributed by atoms with E-state index < -0.39 is 10.0 Å². The molecule has 124 valence electrons. The van der Waals surface area contributed by atoms with E-state index in [-0.39, 0.29) is 17.0 Å². The van der Waals surface area contributed by atoms with E-state index in [0.717, 1.165) is 22.6 Å². The number of rotatable bonds is 4. The standard InChI is InChI=1S/C16H21N3O3S/c1-11-10-19(4)18-14(11)9-17-23(20,21)13-5-6-15-12(7-13)8-16(2,3)22-15/h5-7,10,17H,8-9H2,1-4H3. The van der Waals surface area contributed by atoms with Crippen molar-refractivity contribution in [1.82, 2.24) is 14.5 Å². The van der Waals surface area contributed by atoms with Crippen LogP contribution in [0.4, 0.5) is 0 Å². The minimum Gasteiger partial charge on any atom is -0.487 e. The van der Waals surface area contributed by atoms with Gasteiger partial charge in [-0.2, -0.15) is 5.10 Å². The summed E-state index contributed by atoms with van der Waals surface area (Å²) in [6.07, 6.45) is 2.56. The highest BCUT2D eigenvalue weighted by molar-refractivity contribution is 7.89. The van der Waals surface area contributed by atoms with Crippen LogP contribution < -0.4 is 9.46 Å². The molecule has 0 atom stereocenters. The van der Waals surface area contributed by atoms with E-state index in [1.807, 2.05) is 34.0 Å². The predicted octanol–water partition coefficient (Wildman–Crippen LogP) is 1.92. The Hall–Kier alpha value is -1.86. The van der Waals surface area contributed by atoms with Gasteiger partial charge in [0.1, 0.15) is 11.4 Å². The number of benzene rings is 1. The summed E-state index contributed by atoms with van der Waals surface area (Å²) < 4.78 is 35.1. The molecule has 1 aromatic heterocycles. The molecule has 2 heterocycles. The Bertz CT molecular complexity index is 853. The minimum atomic E-state index is -3.58. The first kappa shape index (κ1) is 16.0. The van der Waals surface area contributed by atoms with Crippen LogP contribution in [-0.2, 0) is 30.0 Å². The van der Waals surface area contributed by atoms with Gasteiger partial charge in [-0.15, -0.1) is 0 Å². The monoisotopic (exact) mass is 335 g/mol. The summed E-state index contributed by atoms with van der Waals surface area (Å²) in [5.41, 5.74) is 2.32. The highest BCUT2D eigenvalue weighted by Crippen LogP contribution is 2.35. The normalized spacial score (nSPS) is 16.2. The van der Waals surface area contributed by atoms with Crippen LogP contribution in [0, 0.1) is 6.92 Å². The van der Waals surface area contributed by atoms with E-state index in [9.17, 15) is 8.42 Å². The number of aromatic nitrogens is 2. The van der Waals surface area contributed by atoms with E-state index >= 15 is 0 Å². The fraction of sp³-hybridized carbons (Fsp3) is 0.438. The number of hydrogen-bond donors (Lipinski definition) is 1. The third kappa shape index (κ3) is 3.25. The number of ether oxygens (including phenoxy) is 1. The van der Waals surface area contributed by atoms with Crippen molar-refractivity contribution in [2.45, 2.75) is 44.2 Å². The molecule has 7 heteroatoms. The van der Waals surface area contributed by atoms with Gasteiger partial charge in [0.25, 0.3) is 0 Å². The predicted molar refractivity (Wildman–Crippen MR) is 86.8 cm³/mol. The summed E-state index contributed by atoms with van der Waals surface area (Å²) in [5.74, 6) is 0.759. The molecule has 0 aliphatic carbocycles. The number of fused-ring (bicyclic) bond motifs is 1. The SMILES string of the molecule is Cc1cn(C)nc1CNS(=O)(=O)c1ccc2c(c1)CC(C)(C)O2. The highest BCUT2D eigenvalue weighted by atomic mass is 32.2. The highest BCUT2D eigenvalue weighted by Gasteiger charge is 2.31. The summed E-state index contributed by atoms with van der Waals surface area (Å²) in [4.78, 5) is 0.256. The van der Waals surface area contributed by atoms with Gasteiger partial charge in [-0.1, -0.05) is 0 Å². The molecule has 0 bridgehead atoms. The van der Waals surface area contributed by atoms with Gasteiger partial charge >= 0.3 is 0 Å². The van der Waals surface area contributed by atoms with E-state index in [4.69, 9.17) is 4.74 Å². The Kier molecular flexibility index (Phi) is 3.72. The lowest BCUT2D eigenvalue weighted by Gasteiger charge is -2.16. The van der Waals surface area contributed by atoms with Gasteiger partial charge in [0.15, 0.2) is 0 Å². The van der Waals surface area contributed by atoms with E-state index in [2.05, 4.69) is 9.82 Å². The Labute approximate surface area is 136 Å². The van der Waals surface area contributed by atoms with Crippen molar-refractivity contribution in [3.8, 4) is 5.75 Å². The van der Waals surface area contributed by atoms with Gasteiger partial charge in [0.2, 0.25) is 10.0 Å². The summed E-state index contributed by atoms with van der Waals surface area (Å²) in [6.45, 7) is 6.06. The van der Waals surface area contributed by atoms with E-state index in [0.29, 0.717) is 6.42 Å². The number of nitrogens with one attached hydrogen (secondary N) is 1. The smallest absolute Gasteiger partial charge is 0.240 e. The Balaban J connectivity index is 1.80. The van der Waals surface area contributed by atoms with Crippen LogP contribution in [0.15, 0.2) is 29.3 Å². The van der Waals surface area contributed by atoms with Crippen LogP contribution in [0.5, 0.6) is 5.75 Å². The Morgan fingerprint density at radius 3 is 2.78 bits per heavy atom. The molecule has 0 amide bonds. The molecule has 1 N–H and O–H groups in total. The molecule has 1 aliphatic rings. The number of sulfonamides is 1. The maximum absolute atomic E-state index is 12.5. The first-order valence-electron chi connectivity index (χ1n) is 7.47. The lowest BCUT2D eigenvalue weighted by Crippen LogP contribution is -2.24. The molecule has 1 aliphatic heterocycles. The second kappa shape index (κ2) is 5.35. The van der Waals surface area contributed by atoms with Gasteiger partial charge in [-0.25, -0.2) is 13.1 Å². The number of nitrogens with zero attached hydrogens (tertiary/aromatic N) is 2. The fourth-order valence-electron chi connectivity index (χ4n) is 2.83. The quantitative estimate of drug-likeness (QED) is 0.926. The summed E-state index contributed by atoms with van der Waals surface area (Å²) in [5, 5.41) is 4.25. The number of hydrogen-bond acceptors (Lipinski definition) is 4. The summed E-state index contributed by atoms with van der Waals surface area (Å²) >= 11 is 0. The van der Waals surface area contributed by atoms with Crippen LogP contribution in [0.3, 0.4) is 0 Å². The lowest BCUT2D eigenvalue weighted by molar-refractivity contribution is 0.138. The molecule has 6 nitrogen and oxygen atoms in total. The topological polar surface area (TPSA) is 73.2 Å². The molecule has 0 fully saturated rings. The first-order valence-corrected chi connectivity index (χ1v) is 8.95. The van der Waals surface area contributed by atoms with Crippen molar-refractivity contribution < 1.29 is 13.2 Å². The number of aryl methyl sites for hydroxylation is 2. The van der Waals surface area contributed by atoms with Gasteiger partial charge in [-0.3, -0.25) is 4.68 Å². The zero-order chi connectivity index (χ0) is 16.8. The average molecular weight is 335 g/mol. The van der Waals surface area contributed by atoms with Gasteiger partial charge < -0.3 is 4.74 Å². The minimum absolute atomic E-state index is 0.175. The van der Waals surface area contributed by atoms with Gasteiger partial charge in [0, 0.05) is 19.7 Å². The molecule has 0 saturated heterocycles. The van der Waals surface area contributed by atoms with Crippen molar-refractivity contribution in [2.75, 3.05) is 0 Å². The Morgan fingerprint density at radius 1 is 1.39 bits per heavy atom.